The molecule has 0 spiro atoms. The topological polar surface area (TPSA) is 81.7 Å². The molecule has 0 unspecified atom stereocenters. The van der Waals surface area contributed by atoms with E-state index in [9.17, 15) is 23.2 Å². The van der Waals surface area contributed by atoms with Crippen LogP contribution in [-0.4, -0.2) is 30.9 Å². The number of alkyl halides is 2. The van der Waals surface area contributed by atoms with Crippen molar-refractivity contribution in [3.05, 3.63) is 45.6 Å². The van der Waals surface area contributed by atoms with Crippen molar-refractivity contribution in [2.24, 2.45) is 0 Å². The smallest absolute Gasteiger partial charge is 0.387 e. The Hall–Kier alpha value is -2.52. The minimum Gasteiger partial charge on any atom is -0.456 e. The number of anilines is 1. The zero-order chi connectivity index (χ0) is 19.8. The van der Waals surface area contributed by atoms with Gasteiger partial charge in [-0.05, 0) is 29.6 Å². The summed E-state index contributed by atoms with van der Waals surface area (Å²) in [6.45, 7) is -3.58. The van der Waals surface area contributed by atoms with Gasteiger partial charge >= 0.3 is 12.6 Å². The molecular formula is C17H14ClF2NO5S. The summed E-state index contributed by atoms with van der Waals surface area (Å²) in [6, 6.07) is 7.10. The second-order valence-electron chi connectivity index (χ2n) is 5.13. The lowest BCUT2D eigenvalue weighted by atomic mass is 10.2. The molecule has 1 aromatic carbocycles. The van der Waals surface area contributed by atoms with Crippen LogP contribution in [0.15, 0.2) is 35.7 Å². The van der Waals surface area contributed by atoms with Crippen LogP contribution in [0.5, 0.6) is 5.75 Å². The maximum Gasteiger partial charge on any atom is 0.387 e. The fraction of sp³-hybridized carbons (Fsp3) is 0.235. The predicted octanol–water partition coefficient (Wildman–Crippen LogP) is 4.15. The van der Waals surface area contributed by atoms with Gasteiger partial charge in [-0.1, -0.05) is 17.7 Å². The third kappa shape index (κ3) is 6.95. The molecule has 1 aromatic heterocycles. The van der Waals surface area contributed by atoms with Gasteiger partial charge in [-0.3, -0.25) is 14.4 Å². The van der Waals surface area contributed by atoms with Crippen molar-refractivity contribution in [1.82, 2.24) is 0 Å². The zero-order valence-corrected chi connectivity index (χ0v) is 15.3. The lowest BCUT2D eigenvalue weighted by molar-refractivity contribution is -0.147. The maximum atomic E-state index is 12.2. The molecule has 0 bridgehead atoms. The molecule has 0 aliphatic carbocycles. The normalized spacial score (nSPS) is 10.5. The number of ketones is 1. The quantitative estimate of drug-likeness (QED) is 0.489. The molecule has 2 aromatic rings. The molecule has 1 amide bonds. The Morgan fingerprint density at radius 3 is 2.59 bits per heavy atom. The summed E-state index contributed by atoms with van der Waals surface area (Å²) < 4.78 is 33.3. The first-order valence-corrected chi connectivity index (χ1v) is 8.87. The van der Waals surface area contributed by atoms with Crippen molar-refractivity contribution in [3.63, 3.8) is 0 Å². The van der Waals surface area contributed by atoms with Crippen molar-refractivity contribution in [1.29, 1.82) is 0 Å². The van der Waals surface area contributed by atoms with E-state index in [2.05, 4.69) is 10.1 Å². The van der Waals surface area contributed by atoms with Crippen LogP contribution in [0.25, 0.3) is 0 Å². The fourth-order valence-electron chi connectivity index (χ4n) is 1.96. The van der Waals surface area contributed by atoms with Gasteiger partial charge in [0.25, 0.3) is 5.91 Å². The van der Waals surface area contributed by atoms with Crippen LogP contribution in [-0.2, 0) is 14.3 Å². The minimum absolute atomic E-state index is 0.0117. The summed E-state index contributed by atoms with van der Waals surface area (Å²) >= 11 is 7.05. The number of halogens is 3. The monoisotopic (exact) mass is 417 g/mol. The third-order valence-corrected chi connectivity index (χ3v) is 4.35. The van der Waals surface area contributed by atoms with Crippen molar-refractivity contribution >= 4 is 46.3 Å². The van der Waals surface area contributed by atoms with Crippen LogP contribution in [0.2, 0.25) is 5.02 Å². The Bertz CT molecular complexity index is 814. The second kappa shape index (κ2) is 9.98. The molecule has 144 valence electrons. The lowest BCUT2D eigenvalue weighted by Crippen LogP contribution is -2.21. The number of benzene rings is 1. The van der Waals surface area contributed by atoms with Gasteiger partial charge in [0.15, 0.2) is 12.4 Å². The molecule has 0 radical (unpaired) electrons. The van der Waals surface area contributed by atoms with E-state index >= 15 is 0 Å². The first-order chi connectivity index (χ1) is 12.8. The number of hydrogen-bond acceptors (Lipinski definition) is 6. The number of nitrogens with one attached hydrogen (secondary N) is 1. The van der Waals surface area contributed by atoms with Gasteiger partial charge in [-0.25, -0.2) is 0 Å². The van der Waals surface area contributed by atoms with E-state index in [4.69, 9.17) is 16.3 Å². The molecular weight excluding hydrogens is 404 g/mol. The molecule has 0 atom stereocenters. The van der Waals surface area contributed by atoms with Crippen LogP contribution >= 0.6 is 22.9 Å². The Labute approximate surface area is 162 Å². The SMILES string of the molecule is O=C(COC(=O)CCC(=O)c1cccs1)Nc1ccc(OC(F)F)c(Cl)c1. The Morgan fingerprint density at radius 2 is 1.96 bits per heavy atom. The van der Waals surface area contributed by atoms with Crippen LogP contribution < -0.4 is 10.1 Å². The Morgan fingerprint density at radius 1 is 1.19 bits per heavy atom. The van der Waals surface area contributed by atoms with Crippen molar-refractivity contribution in [2.45, 2.75) is 19.5 Å². The summed E-state index contributed by atoms with van der Waals surface area (Å²) in [5.74, 6) is -1.74. The van der Waals surface area contributed by atoms with Gasteiger partial charge in [-0.15, -0.1) is 11.3 Å². The van der Waals surface area contributed by atoms with E-state index in [1.807, 2.05) is 0 Å². The minimum atomic E-state index is -3.02. The number of esters is 1. The van der Waals surface area contributed by atoms with Crippen LogP contribution in [0.3, 0.4) is 0 Å². The largest absolute Gasteiger partial charge is 0.456 e. The molecule has 2 rings (SSSR count). The molecule has 0 aliphatic heterocycles. The number of carbonyl (C=O) groups excluding carboxylic acids is 3. The number of ether oxygens (including phenoxy) is 2. The molecule has 1 heterocycles. The van der Waals surface area contributed by atoms with Crippen LogP contribution in [0, 0.1) is 0 Å². The van der Waals surface area contributed by atoms with Crippen molar-refractivity contribution in [2.75, 3.05) is 11.9 Å². The van der Waals surface area contributed by atoms with Gasteiger partial charge in [0.1, 0.15) is 5.75 Å². The van der Waals surface area contributed by atoms with Gasteiger partial charge in [0.05, 0.1) is 16.3 Å². The lowest BCUT2D eigenvalue weighted by Gasteiger charge is -2.10. The number of rotatable bonds is 9. The second-order valence-corrected chi connectivity index (χ2v) is 6.49. The van der Waals surface area contributed by atoms with E-state index in [1.165, 1.54) is 29.5 Å². The van der Waals surface area contributed by atoms with Crippen molar-refractivity contribution < 1.29 is 32.6 Å². The molecule has 27 heavy (non-hydrogen) atoms. The molecule has 0 fully saturated rings. The molecule has 1 N–H and O–H groups in total. The highest BCUT2D eigenvalue weighted by atomic mass is 35.5. The van der Waals surface area contributed by atoms with Crippen LogP contribution in [0.1, 0.15) is 22.5 Å². The van der Waals surface area contributed by atoms with E-state index in [0.29, 0.717) is 4.88 Å². The standard InChI is InChI=1S/C17H14ClF2NO5S/c18-11-8-10(3-5-13(11)26-17(19)20)21-15(23)9-25-16(24)6-4-12(22)14-2-1-7-27-14/h1-3,5,7-8,17H,4,6,9H2,(H,21,23). The molecule has 10 heteroatoms. The Balaban J connectivity index is 1.74. The summed E-state index contributed by atoms with van der Waals surface area (Å²) in [5.41, 5.74) is 0.218. The molecule has 0 saturated heterocycles. The van der Waals surface area contributed by atoms with E-state index in [-0.39, 0.29) is 35.1 Å². The highest BCUT2D eigenvalue weighted by Crippen LogP contribution is 2.28. The number of amides is 1. The highest BCUT2D eigenvalue weighted by Gasteiger charge is 2.14. The summed E-state index contributed by atoms with van der Waals surface area (Å²) in [7, 11) is 0. The van der Waals surface area contributed by atoms with Crippen molar-refractivity contribution in [3.8, 4) is 5.75 Å². The first-order valence-electron chi connectivity index (χ1n) is 7.61. The highest BCUT2D eigenvalue weighted by molar-refractivity contribution is 7.12. The van der Waals surface area contributed by atoms with E-state index in [0.717, 1.165) is 0 Å². The third-order valence-electron chi connectivity index (χ3n) is 3.15. The van der Waals surface area contributed by atoms with E-state index in [1.54, 1.807) is 17.5 Å². The van der Waals surface area contributed by atoms with Gasteiger partial charge < -0.3 is 14.8 Å². The predicted molar refractivity (Wildman–Crippen MR) is 95.6 cm³/mol. The number of Topliss-reactive ketones (excluding diaryl/α,β-unsaturated/α-hetero) is 1. The van der Waals surface area contributed by atoms with Gasteiger partial charge in [-0.2, -0.15) is 8.78 Å². The van der Waals surface area contributed by atoms with Crippen LogP contribution in [0.4, 0.5) is 14.5 Å². The summed E-state index contributed by atoms with van der Waals surface area (Å²) in [4.78, 5) is 35.7. The number of hydrogen-bond donors (Lipinski definition) is 1. The van der Waals surface area contributed by atoms with E-state index < -0.39 is 25.1 Å². The average Bonchev–Trinajstić information content (AvgIpc) is 3.14. The molecule has 0 aliphatic rings. The number of thiophene rings is 1. The summed E-state index contributed by atoms with van der Waals surface area (Å²) in [6.07, 6.45) is -0.155. The zero-order valence-electron chi connectivity index (χ0n) is 13.7. The summed E-state index contributed by atoms with van der Waals surface area (Å²) in [5, 5.41) is 4.04. The number of carbonyl (C=O) groups is 3. The fourth-order valence-corrected chi connectivity index (χ4v) is 2.88. The average molecular weight is 418 g/mol. The Kier molecular flexibility index (Phi) is 7.68. The molecule has 0 saturated carbocycles. The van der Waals surface area contributed by atoms with Gasteiger partial charge in [0.2, 0.25) is 0 Å². The first kappa shape index (κ1) is 20.8. The molecule has 6 nitrogen and oxygen atoms in total. The van der Waals surface area contributed by atoms with Gasteiger partial charge in [0, 0.05) is 12.1 Å². The maximum absolute atomic E-state index is 12.2.